The molecule has 15 heavy (non-hydrogen) atoms. The van der Waals surface area contributed by atoms with Crippen LogP contribution in [0.3, 0.4) is 0 Å². The molecule has 0 unspecified atom stereocenters. The number of carbonyl (C=O) groups is 1. The van der Waals surface area contributed by atoms with Crippen LogP contribution in [0.4, 0.5) is 0 Å². The molecule has 0 aromatic heterocycles. The van der Waals surface area contributed by atoms with Gasteiger partial charge in [0.25, 0.3) is 0 Å². The van der Waals surface area contributed by atoms with Gasteiger partial charge in [0.05, 0.1) is 5.41 Å². The van der Waals surface area contributed by atoms with Crippen LogP contribution in [0, 0.1) is 11.3 Å². The maximum absolute atomic E-state index is 12.3. The highest BCUT2D eigenvalue weighted by Gasteiger charge is 2.41. The Morgan fingerprint density at radius 1 is 1.33 bits per heavy atom. The second-order valence-electron chi connectivity index (χ2n) is 5.65. The van der Waals surface area contributed by atoms with Crippen molar-refractivity contribution >= 4 is 17.5 Å². The van der Waals surface area contributed by atoms with E-state index in [1.165, 1.54) is 25.7 Å². The fourth-order valence-electron chi connectivity index (χ4n) is 1.81. The van der Waals surface area contributed by atoms with Crippen molar-refractivity contribution < 1.29 is 4.79 Å². The minimum atomic E-state index is -0.390. The minimum Gasteiger partial charge on any atom is -0.339 e. The zero-order valence-electron chi connectivity index (χ0n) is 9.63. The smallest absolute Gasteiger partial charge is 0.229 e. The highest BCUT2D eigenvalue weighted by Crippen LogP contribution is 2.37. The zero-order valence-corrected chi connectivity index (χ0v) is 10.4. The highest BCUT2D eigenvalue weighted by molar-refractivity contribution is 6.19. The topological polar surface area (TPSA) is 20.3 Å². The molecule has 1 amide bonds. The lowest BCUT2D eigenvalue weighted by atomic mass is 9.94. The SMILES string of the molecule is CC(C)(CCl)C(=O)N(CC1CC1)C1CC1. The summed E-state index contributed by atoms with van der Waals surface area (Å²) in [7, 11) is 0. The predicted molar refractivity (Wildman–Crippen MR) is 62.0 cm³/mol. The zero-order chi connectivity index (χ0) is 11.1. The summed E-state index contributed by atoms with van der Waals surface area (Å²) in [6.45, 7) is 4.87. The Morgan fingerprint density at radius 2 is 1.93 bits per heavy atom. The average Bonchev–Trinajstić information content (AvgIpc) is 3.02. The number of hydrogen-bond donors (Lipinski definition) is 0. The van der Waals surface area contributed by atoms with Crippen LogP contribution in [0.15, 0.2) is 0 Å². The number of amides is 1. The van der Waals surface area contributed by atoms with E-state index in [-0.39, 0.29) is 11.3 Å². The third-order valence-corrected chi connectivity index (χ3v) is 3.98. The highest BCUT2D eigenvalue weighted by atomic mass is 35.5. The molecule has 0 heterocycles. The molecule has 2 saturated carbocycles. The number of carbonyl (C=O) groups excluding carboxylic acids is 1. The quantitative estimate of drug-likeness (QED) is 0.664. The van der Waals surface area contributed by atoms with E-state index in [2.05, 4.69) is 4.90 Å². The van der Waals surface area contributed by atoms with Crippen molar-refractivity contribution in [3.8, 4) is 0 Å². The minimum absolute atomic E-state index is 0.256. The van der Waals surface area contributed by atoms with Crippen LogP contribution in [0.5, 0.6) is 0 Å². The molecule has 0 aromatic carbocycles. The van der Waals surface area contributed by atoms with Crippen LogP contribution in [0.1, 0.15) is 39.5 Å². The van der Waals surface area contributed by atoms with Crippen LogP contribution >= 0.6 is 11.6 Å². The maximum atomic E-state index is 12.3. The first-order valence-electron chi connectivity index (χ1n) is 5.91. The van der Waals surface area contributed by atoms with Gasteiger partial charge in [0.15, 0.2) is 0 Å². The first-order chi connectivity index (χ1) is 7.04. The van der Waals surface area contributed by atoms with Gasteiger partial charge < -0.3 is 4.90 Å². The van der Waals surface area contributed by atoms with Crippen LogP contribution < -0.4 is 0 Å². The molecule has 0 atom stereocenters. The molecule has 0 N–H and O–H groups in total. The second-order valence-corrected chi connectivity index (χ2v) is 5.92. The van der Waals surface area contributed by atoms with E-state index >= 15 is 0 Å². The molecule has 0 saturated heterocycles. The fourth-order valence-corrected chi connectivity index (χ4v) is 1.92. The monoisotopic (exact) mass is 229 g/mol. The molecule has 2 fully saturated rings. The molecule has 3 heteroatoms. The maximum Gasteiger partial charge on any atom is 0.229 e. The van der Waals surface area contributed by atoms with Crippen molar-refractivity contribution in [2.45, 2.75) is 45.6 Å². The van der Waals surface area contributed by atoms with Gasteiger partial charge in [-0.1, -0.05) is 0 Å². The van der Waals surface area contributed by atoms with E-state index in [9.17, 15) is 4.79 Å². The molecule has 0 aromatic rings. The average molecular weight is 230 g/mol. The Hall–Kier alpha value is -0.240. The summed E-state index contributed by atoms with van der Waals surface area (Å²) in [6.07, 6.45) is 4.99. The number of nitrogens with zero attached hydrogens (tertiary/aromatic N) is 1. The van der Waals surface area contributed by atoms with Crippen LogP contribution in [0.25, 0.3) is 0 Å². The van der Waals surface area contributed by atoms with Crippen LogP contribution in [-0.2, 0) is 4.79 Å². The lowest BCUT2D eigenvalue weighted by molar-refractivity contribution is -0.140. The van der Waals surface area contributed by atoms with Crippen molar-refractivity contribution in [3.63, 3.8) is 0 Å². The van der Waals surface area contributed by atoms with Gasteiger partial charge in [-0.15, -0.1) is 11.6 Å². The van der Waals surface area contributed by atoms with Crippen LogP contribution in [0.2, 0.25) is 0 Å². The predicted octanol–water partition coefficient (Wildman–Crippen LogP) is 2.65. The van der Waals surface area contributed by atoms with Gasteiger partial charge in [0.1, 0.15) is 0 Å². The summed E-state index contributed by atoms with van der Waals surface area (Å²) in [5.74, 6) is 1.45. The second kappa shape index (κ2) is 3.97. The molecule has 2 aliphatic carbocycles. The summed E-state index contributed by atoms with van der Waals surface area (Å²) >= 11 is 5.86. The Bertz CT molecular complexity index is 256. The molecule has 0 aliphatic heterocycles. The van der Waals surface area contributed by atoms with E-state index in [1.54, 1.807) is 0 Å². The summed E-state index contributed by atoms with van der Waals surface area (Å²) in [4.78, 5) is 14.4. The standard InChI is InChI=1S/C12H20ClNO/c1-12(2,8-13)11(15)14(10-5-6-10)7-9-3-4-9/h9-10H,3-8H2,1-2H3. The lowest BCUT2D eigenvalue weighted by Crippen LogP contribution is -2.44. The lowest BCUT2D eigenvalue weighted by Gasteiger charge is -2.31. The van der Waals surface area contributed by atoms with E-state index < -0.39 is 0 Å². The van der Waals surface area contributed by atoms with Gasteiger partial charge in [0.2, 0.25) is 5.91 Å². The number of hydrogen-bond acceptors (Lipinski definition) is 1. The van der Waals surface area contributed by atoms with E-state index in [4.69, 9.17) is 11.6 Å². The molecule has 0 bridgehead atoms. The fraction of sp³-hybridized carbons (Fsp3) is 0.917. The Balaban J connectivity index is 1.99. The Labute approximate surface area is 97.0 Å². The Kier molecular flexibility index (Phi) is 2.98. The first-order valence-corrected chi connectivity index (χ1v) is 6.45. The van der Waals surface area contributed by atoms with Gasteiger partial charge in [0, 0.05) is 18.5 Å². The number of rotatable bonds is 5. The van der Waals surface area contributed by atoms with Crippen molar-refractivity contribution in [1.82, 2.24) is 4.90 Å². The molecular weight excluding hydrogens is 210 g/mol. The normalized spacial score (nSPS) is 21.5. The van der Waals surface area contributed by atoms with E-state index in [0.29, 0.717) is 11.9 Å². The third kappa shape index (κ3) is 2.66. The molecule has 2 rings (SSSR count). The van der Waals surface area contributed by atoms with Gasteiger partial charge in [-0.05, 0) is 45.4 Å². The largest absolute Gasteiger partial charge is 0.339 e. The molecular formula is C12H20ClNO. The third-order valence-electron chi connectivity index (χ3n) is 3.31. The van der Waals surface area contributed by atoms with Gasteiger partial charge in [-0.2, -0.15) is 0 Å². The van der Waals surface area contributed by atoms with Crippen LogP contribution in [-0.4, -0.2) is 29.3 Å². The Morgan fingerprint density at radius 3 is 2.33 bits per heavy atom. The molecule has 0 spiro atoms. The van der Waals surface area contributed by atoms with Crippen molar-refractivity contribution in [3.05, 3.63) is 0 Å². The van der Waals surface area contributed by atoms with Gasteiger partial charge in [-0.25, -0.2) is 0 Å². The van der Waals surface area contributed by atoms with Crippen molar-refractivity contribution in [2.24, 2.45) is 11.3 Å². The summed E-state index contributed by atoms with van der Waals surface area (Å²) < 4.78 is 0. The molecule has 2 aliphatic rings. The van der Waals surface area contributed by atoms with Gasteiger partial charge >= 0.3 is 0 Å². The number of alkyl halides is 1. The van der Waals surface area contributed by atoms with Crippen molar-refractivity contribution in [1.29, 1.82) is 0 Å². The number of halogens is 1. The first kappa shape index (κ1) is 11.3. The van der Waals surface area contributed by atoms with E-state index in [0.717, 1.165) is 12.5 Å². The van der Waals surface area contributed by atoms with Crippen molar-refractivity contribution in [2.75, 3.05) is 12.4 Å². The summed E-state index contributed by atoms with van der Waals surface area (Å²) in [5.41, 5.74) is -0.390. The molecule has 86 valence electrons. The van der Waals surface area contributed by atoms with Gasteiger partial charge in [-0.3, -0.25) is 4.79 Å². The van der Waals surface area contributed by atoms with E-state index in [1.807, 2.05) is 13.8 Å². The molecule has 0 radical (unpaired) electrons. The molecule has 2 nitrogen and oxygen atoms in total. The summed E-state index contributed by atoms with van der Waals surface area (Å²) in [6, 6.07) is 0.528. The summed E-state index contributed by atoms with van der Waals surface area (Å²) in [5, 5.41) is 0.